The number of nitrogens with zero attached hydrogens (tertiary/aromatic N) is 1. The normalized spacial score (nSPS) is 13.3. The molecule has 0 spiro atoms. The summed E-state index contributed by atoms with van der Waals surface area (Å²) >= 11 is 0. The van der Waals surface area contributed by atoms with E-state index >= 15 is 0 Å². The van der Waals surface area contributed by atoms with Gasteiger partial charge in [0, 0.05) is 28.6 Å². The summed E-state index contributed by atoms with van der Waals surface area (Å²) in [6.45, 7) is 5.80. The first kappa shape index (κ1) is 21.1. The molecule has 3 aromatic carbocycles. The fourth-order valence-electron chi connectivity index (χ4n) is 3.92. The van der Waals surface area contributed by atoms with E-state index in [9.17, 15) is 18.0 Å². The van der Waals surface area contributed by atoms with Gasteiger partial charge in [-0.1, -0.05) is 24.3 Å². The van der Waals surface area contributed by atoms with Crippen LogP contribution in [0.25, 0.3) is 10.8 Å². The number of sulfone groups is 1. The van der Waals surface area contributed by atoms with Crippen molar-refractivity contribution < 1.29 is 18.0 Å². The Hall–Kier alpha value is -3.19. The van der Waals surface area contributed by atoms with Crippen molar-refractivity contribution in [3.63, 3.8) is 0 Å². The maximum Gasteiger partial charge on any atom is 0.258 e. The zero-order valence-corrected chi connectivity index (χ0v) is 18.5. The fraction of sp³-hybridized carbons (Fsp3) is 0.250. The first-order valence-corrected chi connectivity index (χ1v) is 11.8. The molecule has 0 saturated heterocycles. The van der Waals surface area contributed by atoms with E-state index in [1.165, 1.54) is 0 Å². The molecule has 1 N–H and O–H groups in total. The van der Waals surface area contributed by atoms with Gasteiger partial charge < -0.3 is 10.2 Å². The number of benzene rings is 3. The van der Waals surface area contributed by atoms with Crippen LogP contribution in [0.3, 0.4) is 0 Å². The third kappa shape index (κ3) is 3.59. The standard InChI is InChI=1S/C24H24N2O4S/c1-4-26-21-13-12-20(18-6-5-7-19(23(18)21)24(26)28)25-22(27)14-16-8-10-17(11-9-16)31(29,30)15(2)3/h5-13,15H,4,14H2,1-3H3,(H,25,27). The van der Waals surface area contributed by atoms with E-state index in [1.54, 1.807) is 43.0 Å². The maximum absolute atomic E-state index is 12.7. The minimum atomic E-state index is -3.34. The van der Waals surface area contributed by atoms with Crippen LogP contribution in [0, 0.1) is 0 Å². The summed E-state index contributed by atoms with van der Waals surface area (Å²) in [5.74, 6) is -0.236. The van der Waals surface area contributed by atoms with Crippen LogP contribution in [-0.4, -0.2) is 32.0 Å². The molecule has 0 aromatic heterocycles. The number of hydrogen-bond donors (Lipinski definition) is 1. The van der Waals surface area contributed by atoms with Gasteiger partial charge in [0.2, 0.25) is 5.91 Å². The maximum atomic E-state index is 12.7. The molecule has 3 aromatic rings. The van der Waals surface area contributed by atoms with Crippen LogP contribution in [0.15, 0.2) is 59.5 Å². The molecule has 7 heteroatoms. The summed E-state index contributed by atoms with van der Waals surface area (Å²) in [5, 5.41) is 4.12. The molecule has 0 bridgehead atoms. The van der Waals surface area contributed by atoms with Crippen LogP contribution in [0.4, 0.5) is 11.4 Å². The first-order valence-electron chi connectivity index (χ1n) is 10.2. The van der Waals surface area contributed by atoms with Gasteiger partial charge in [-0.3, -0.25) is 9.59 Å². The summed E-state index contributed by atoms with van der Waals surface area (Å²) < 4.78 is 24.5. The summed E-state index contributed by atoms with van der Waals surface area (Å²) in [6.07, 6.45) is 0.116. The second kappa shape index (κ2) is 7.81. The summed E-state index contributed by atoms with van der Waals surface area (Å²) in [5.41, 5.74) is 2.87. The zero-order chi connectivity index (χ0) is 22.3. The number of carbonyl (C=O) groups excluding carboxylic acids is 2. The molecule has 1 aliphatic rings. The monoisotopic (exact) mass is 436 g/mol. The van der Waals surface area contributed by atoms with Crippen LogP contribution >= 0.6 is 0 Å². The average molecular weight is 437 g/mol. The van der Waals surface area contributed by atoms with Crippen molar-refractivity contribution in [2.45, 2.75) is 37.3 Å². The molecule has 6 nitrogen and oxygen atoms in total. The minimum Gasteiger partial charge on any atom is -0.325 e. The van der Waals surface area contributed by atoms with Gasteiger partial charge in [0.05, 0.1) is 22.3 Å². The molecule has 4 rings (SSSR count). The van der Waals surface area contributed by atoms with E-state index in [0.29, 0.717) is 17.8 Å². The third-order valence-corrected chi connectivity index (χ3v) is 7.78. The van der Waals surface area contributed by atoms with Crippen molar-refractivity contribution >= 4 is 43.8 Å². The Morgan fingerprint density at radius 3 is 2.39 bits per heavy atom. The molecule has 2 amide bonds. The fourth-order valence-corrected chi connectivity index (χ4v) is 4.98. The van der Waals surface area contributed by atoms with Gasteiger partial charge in [-0.2, -0.15) is 0 Å². The van der Waals surface area contributed by atoms with Crippen molar-refractivity contribution in [3.05, 3.63) is 65.7 Å². The smallest absolute Gasteiger partial charge is 0.258 e. The van der Waals surface area contributed by atoms with Gasteiger partial charge in [-0.05, 0) is 56.7 Å². The van der Waals surface area contributed by atoms with Crippen molar-refractivity contribution in [2.24, 2.45) is 0 Å². The topological polar surface area (TPSA) is 83.6 Å². The molecule has 31 heavy (non-hydrogen) atoms. The largest absolute Gasteiger partial charge is 0.325 e. The van der Waals surface area contributed by atoms with Gasteiger partial charge >= 0.3 is 0 Å². The van der Waals surface area contributed by atoms with Gasteiger partial charge in [-0.15, -0.1) is 0 Å². The van der Waals surface area contributed by atoms with Crippen molar-refractivity contribution in [3.8, 4) is 0 Å². The van der Waals surface area contributed by atoms with Crippen LogP contribution in [0.5, 0.6) is 0 Å². The Morgan fingerprint density at radius 2 is 1.74 bits per heavy atom. The number of nitrogens with one attached hydrogen (secondary N) is 1. The summed E-state index contributed by atoms with van der Waals surface area (Å²) in [7, 11) is -3.34. The first-order chi connectivity index (χ1) is 14.7. The molecule has 0 radical (unpaired) electrons. The summed E-state index contributed by atoms with van der Waals surface area (Å²) in [6, 6.07) is 15.6. The average Bonchev–Trinajstić information content (AvgIpc) is 3.02. The van der Waals surface area contributed by atoms with E-state index in [1.807, 2.05) is 37.3 Å². The molecule has 0 unspecified atom stereocenters. The van der Waals surface area contributed by atoms with E-state index in [-0.39, 0.29) is 23.1 Å². The van der Waals surface area contributed by atoms with Crippen molar-refractivity contribution in [1.29, 1.82) is 0 Å². The lowest BCUT2D eigenvalue weighted by Crippen LogP contribution is -2.25. The van der Waals surface area contributed by atoms with E-state index in [2.05, 4.69) is 5.32 Å². The number of amides is 2. The van der Waals surface area contributed by atoms with E-state index in [4.69, 9.17) is 0 Å². The number of anilines is 2. The number of carbonyl (C=O) groups is 2. The Labute approximate surface area is 181 Å². The molecule has 1 aliphatic heterocycles. The lowest BCUT2D eigenvalue weighted by Gasteiger charge is -2.15. The van der Waals surface area contributed by atoms with Gasteiger partial charge in [-0.25, -0.2) is 8.42 Å². The van der Waals surface area contributed by atoms with E-state index < -0.39 is 15.1 Å². The number of hydrogen-bond acceptors (Lipinski definition) is 4. The SMILES string of the molecule is CCN1C(=O)c2cccc3c(NC(=O)Cc4ccc(S(=O)(=O)C(C)C)cc4)ccc1c23. The molecule has 0 fully saturated rings. The third-order valence-electron chi connectivity index (χ3n) is 5.61. The molecule has 0 saturated carbocycles. The summed E-state index contributed by atoms with van der Waals surface area (Å²) in [4.78, 5) is 27.3. The quantitative estimate of drug-likeness (QED) is 0.628. The highest BCUT2D eigenvalue weighted by molar-refractivity contribution is 7.92. The van der Waals surface area contributed by atoms with E-state index in [0.717, 1.165) is 22.0 Å². The van der Waals surface area contributed by atoms with Crippen molar-refractivity contribution in [1.82, 2.24) is 0 Å². The van der Waals surface area contributed by atoms with Crippen LogP contribution in [0.1, 0.15) is 36.7 Å². The van der Waals surface area contributed by atoms with Gasteiger partial charge in [0.15, 0.2) is 9.84 Å². The predicted molar refractivity (Wildman–Crippen MR) is 122 cm³/mol. The molecular formula is C24H24N2O4S. The van der Waals surface area contributed by atoms with Crippen LogP contribution in [-0.2, 0) is 21.1 Å². The molecular weight excluding hydrogens is 412 g/mol. The predicted octanol–water partition coefficient (Wildman–Crippen LogP) is 4.18. The second-order valence-electron chi connectivity index (χ2n) is 7.87. The highest BCUT2D eigenvalue weighted by Gasteiger charge is 2.29. The Morgan fingerprint density at radius 1 is 1.03 bits per heavy atom. The van der Waals surface area contributed by atoms with Gasteiger partial charge in [0.25, 0.3) is 5.91 Å². The molecule has 0 aliphatic carbocycles. The molecule has 0 atom stereocenters. The second-order valence-corrected chi connectivity index (χ2v) is 10.4. The highest BCUT2D eigenvalue weighted by atomic mass is 32.2. The van der Waals surface area contributed by atoms with Crippen LogP contribution in [0.2, 0.25) is 0 Å². The highest BCUT2D eigenvalue weighted by Crippen LogP contribution is 2.40. The van der Waals surface area contributed by atoms with Crippen molar-refractivity contribution in [2.75, 3.05) is 16.8 Å². The lowest BCUT2D eigenvalue weighted by atomic mass is 10.0. The van der Waals surface area contributed by atoms with Gasteiger partial charge in [0.1, 0.15) is 0 Å². The van der Waals surface area contributed by atoms with Crippen LogP contribution < -0.4 is 10.2 Å². The zero-order valence-electron chi connectivity index (χ0n) is 17.7. The number of rotatable bonds is 6. The Kier molecular flexibility index (Phi) is 5.31. The Bertz CT molecular complexity index is 1300. The minimum absolute atomic E-state index is 0.0250. The Balaban J connectivity index is 1.57. The molecule has 1 heterocycles. The molecule has 160 valence electrons. The lowest BCUT2D eigenvalue weighted by molar-refractivity contribution is -0.115.